The lowest BCUT2D eigenvalue weighted by Gasteiger charge is -2.33. The van der Waals surface area contributed by atoms with Gasteiger partial charge in [-0.1, -0.05) is 25.3 Å². The SMILES string of the molecule is CCN(C(=O)COC(=O)c1cnn(-c2ccccn2)c1C)C1CCCCC1. The Morgan fingerprint density at radius 3 is 2.70 bits per heavy atom. The highest BCUT2D eigenvalue weighted by atomic mass is 16.5. The number of hydrogen-bond donors (Lipinski definition) is 0. The smallest absolute Gasteiger partial charge is 0.342 e. The van der Waals surface area contributed by atoms with Crippen LogP contribution in [0.2, 0.25) is 0 Å². The molecule has 1 aliphatic rings. The first-order valence-electron chi connectivity index (χ1n) is 9.54. The zero-order valence-electron chi connectivity index (χ0n) is 15.9. The van der Waals surface area contributed by atoms with E-state index in [0.29, 0.717) is 23.6 Å². The van der Waals surface area contributed by atoms with Gasteiger partial charge in [0.05, 0.1) is 11.9 Å². The Hall–Kier alpha value is -2.70. The average molecular weight is 370 g/mol. The third-order valence-electron chi connectivity index (χ3n) is 5.10. The van der Waals surface area contributed by atoms with E-state index in [-0.39, 0.29) is 18.6 Å². The Kier molecular flexibility index (Phi) is 6.21. The van der Waals surface area contributed by atoms with E-state index in [9.17, 15) is 9.59 Å². The van der Waals surface area contributed by atoms with Crippen molar-refractivity contribution in [3.8, 4) is 5.82 Å². The van der Waals surface area contributed by atoms with Gasteiger partial charge in [-0.3, -0.25) is 4.79 Å². The maximum Gasteiger partial charge on any atom is 0.342 e. The predicted molar refractivity (Wildman–Crippen MR) is 101 cm³/mol. The number of ether oxygens (including phenoxy) is 1. The van der Waals surface area contributed by atoms with Crippen LogP contribution in [-0.2, 0) is 9.53 Å². The van der Waals surface area contributed by atoms with Gasteiger partial charge < -0.3 is 9.64 Å². The lowest BCUT2D eigenvalue weighted by molar-refractivity contribution is -0.137. The van der Waals surface area contributed by atoms with Gasteiger partial charge in [0.1, 0.15) is 5.56 Å². The van der Waals surface area contributed by atoms with Crippen LogP contribution in [0.5, 0.6) is 0 Å². The normalized spacial score (nSPS) is 14.7. The van der Waals surface area contributed by atoms with Gasteiger partial charge in [0.2, 0.25) is 0 Å². The second-order valence-electron chi connectivity index (χ2n) is 6.79. The average Bonchev–Trinajstić information content (AvgIpc) is 3.09. The lowest BCUT2D eigenvalue weighted by atomic mass is 9.94. The minimum absolute atomic E-state index is 0.132. The molecule has 7 nitrogen and oxygen atoms in total. The molecule has 0 saturated heterocycles. The number of hydrogen-bond acceptors (Lipinski definition) is 5. The molecule has 0 radical (unpaired) electrons. The molecule has 2 aromatic heterocycles. The fourth-order valence-electron chi connectivity index (χ4n) is 3.64. The number of amides is 1. The molecule has 0 aliphatic heterocycles. The highest BCUT2D eigenvalue weighted by Crippen LogP contribution is 2.22. The number of esters is 1. The summed E-state index contributed by atoms with van der Waals surface area (Å²) in [6.45, 7) is 4.14. The predicted octanol–water partition coefficient (Wildman–Crippen LogP) is 2.91. The molecule has 27 heavy (non-hydrogen) atoms. The molecule has 1 amide bonds. The summed E-state index contributed by atoms with van der Waals surface area (Å²) < 4.78 is 6.87. The molecule has 0 unspecified atom stereocenters. The van der Waals surface area contributed by atoms with Crippen molar-refractivity contribution in [1.29, 1.82) is 0 Å². The number of pyridine rings is 1. The van der Waals surface area contributed by atoms with Crippen LogP contribution in [0.3, 0.4) is 0 Å². The summed E-state index contributed by atoms with van der Waals surface area (Å²) in [5.74, 6) is -0.0465. The van der Waals surface area contributed by atoms with Gasteiger partial charge in [-0.25, -0.2) is 14.5 Å². The fourth-order valence-corrected chi connectivity index (χ4v) is 3.64. The summed E-state index contributed by atoms with van der Waals surface area (Å²) in [4.78, 5) is 31.0. The maximum atomic E-state index is 12.5. The molecule has 2 aromatic rings. The van der Waals surface area contributed by atoms with E-state index in [0.717, 1.165) is 25.7 Å². The molecule has 7 heteroatoms. The molecule has 0 N–H and O–H groups in total. The number of carbonyl (C=O) groups excluding carboxylic acids is 2. The molecule has 0 bridgehead atoms. The quantitative estimate of drug-likeness (QED) is 0.731. The Balaban J connectivity index is 1.62. The fraction of sp³-hybridized carbons (Fsp3) is 0.500. The summed E-state index contributed by atoms with van der Waals surface area (Å²) in [5, 5.41) is 4.22. The molecular weight excluding hydrogens is 344 g/mol. The van der Waals surface area contributed by atoms with Gasteiger partial charge in [0, 0.05) is 18.8 Å². The zero-order chi connectivity index (χ0) is 19.2. The van der Waals surface area contributed by atoms with E-state index < -0.39 is 5.97 Å². The van der Waals surface area contributed by atoms with Crippen LogP contribution >= 0.6 is 0 Å². The van der Waals surface area contributed by atoms with Gasteiger partial charge in [-0.2, -0.15) is 5.10 Å². The highest BCUT2D eigenvalue weighted by Gasteiger charge is 2.25. The van der Waals surface area contributed by atoms with Crippen LogP contribution in [-0.4, -0.2) is 50.7 Å². The van der Waals surface area contributed by atoms with Crippen LogP contribution in [0.1, 0.15) is 55.1 Å². The van der Waals surface area contributed by atoms with Crippen LogP contribution in [0.4, 0.5) is 0 Å². The number of aromatic nitrogens is 3. The molecule has 0 spiro atoms. The summed E-state index contributed by atoms with van der Waals surface area (Å²) in [6.07, 6.45) is 8.72. The summed E-state index contributed by atoms with van der Waals surface area (Å²) in [5.41, 5.74) is 0.972. The van der Waals surface area contributed by atoms with E-state index in [1.54, 1.807) is 17.8 Å². The maximum absolute atomic E-state index is 12.5. The lowest BCUT2D eigenvalue weighted by Crippen LogP contribution is -2.43. The second-order valence-corrected chi connectivity index (χ2v) is 6.79. The first-order chi connectivity index (χ1) is 13.1. The van der Waals surface area contributed by atoms with Gasteiger partial charge in [0.15, 0.2) is 12.4 Å². The molecule has 1 saturated carbocycles. The van der Waals surface area contributed by atoms with Gasteiger partial charge in [-0.05, 0) is 38.8 Å². The molecule has 1 aliphatic carbocycles. The molecular formula is C20H26N4O3. The van der Waals surface area contributed by atoms with Crippen molar-refractivity contribution in [2.45, 2.75) is 52.0 Å². The zero-order valence-corrected chi connectivity index (χ0v) is 15.9. The van der Waals surface area contributed by atoms with E-state index in [1.165, 1.54) is 12.6 Å². The van der Waals surface area contributed by atoms with Crippen LogP contribution in [0.15, 0.2) is 30.6 Å². The van der Waals surface area contributed by atoms with E-state index >= 15 is 0 Å². The molecule has 0 aromatic carbocycles. The number of nitrogens with zero attached hydrogens (tertiary/aromatic N) is 4. The minimum Gasteiger partial charge on any atom is -0.452 e. The largest absolute Gasteiger partial charge is 0.452 e. The third kappa shape index (κ3) is 4.35. The summed E-state index contributed by atoms with van der Waals surface area (Å²) in [6, 6.07) is 5.74. The topological polar surface area (TPSA) is 77.3 Å². The Labute approximate surface area is 159 Å². The molecule has 144 valence electrons. The van der Waals surface area contributed by atoms with Crippen LogP contribution in [0.25, 0.3) is 5.82 Å². The van der Waals surface area contributed by atoms with Crippen molar-refractivity contribution in [2.75, 3.05) is 13.2 Å². The summed E-state index contributed by atoms with van der Waals surface area (Å²) >= 11 is 0. The Morgan fingerprint density at radius 1 is 1.26 bits per heavy atom. The standard InChI is InChI=1S/C20H26N4O3/c1-3-23(16-9-5-4-6-10-16)19(25)14-27-20(26)17-13-22-24(15(17)2)18-11-7-8-12-21-18/h7-8,11-13,16H,3-6,9-10,14H2,1-2H3. The Morgan fingerprint density at radius 2 is 2.04 bits per heavy atom. The molecule has 1 fully saturated rings. The minimum atomic E-state index is -0.539. The first kappa shape index (κ1) is 19.1. The second kappa shape index (κ2) is 8.79. The van der Waals surface area contributed by atoms with Gasteiger partial charge >= 0.3 is 5.97 Å². The number of carbonyl (C=O) groups is 2. The third-order valence-corrected chi connectivity index (χ3v) is 5.10. The van der Waals surface area contributed by atoms with Crippen molar-refractivity contribution < 1.29 is 14.3 Å². The number of rotatable bonds is 6. The number of likely N-dealkylation sites (N-methyl/N-ethyl adjacent to an activating group) is 1. The van der Waals surface area contributed by atoms with E-state index in [2.05, 4.69) is 10.1 Å². The van der Waals surface area contributed by atoms with Crippen molar-refractivity contribution in [2.24, 2.45) is 0 Å². The first-order valence-corrected chi connectivity index (χ1v) is 9.54. The van der Waals surface area contributed by atoms with Crippen LogP contribution < -0.4 is 0 Å². The Bertz CT molecular complexity index is 782. The van der Waals surface area contributed by atoms with E-state index in [1.807, 2.05) is 30.0 Å². The monoisotopic (exact) mass is 370 g/mol. The van der Waals surface area contributed by atoms with Gasteiger partial charge in [-0.15, -0.1) is 0 Å². The van der Waals surface area contributed by atoms with Gasteiger partial charge in [0.25, 0.3) is 5.91 Å². The van der Waals surface area contributed by atoms with Crippen molar-refractivity contribution in [3.63, 3.8) is 0 Å². The van der Waals surface area contributed by atoms with Crippen LogP contribution in [0, 0.1) is 6.92 Å². The van der Waals surface area contributed by atoms with Crippen molar-refractivity contribution in [3.05, 3.63) is 41.9 Å². The molecule has 2 heterocycles. The van der Waals surface area contributed by atoms with Crippen molar-refractivity contribution in [1.82, 2.24) is 19.7 Å². The molecule has 0 atom stereocenters. The highest BCUT2D eigenvalue weighted by molar-refractivity contribution is 5.92. The van der Waals surface area contributed by atoms with E-state index in [4.69, 9.17) is 4.74 Å². The van der Waals surface area contributed by atoms with Crippen molar-refractivity contribution >= 4 is 11.9 Å². The summed E-state index contributed by atoms with van der Waals surface area (Å²) in [7, 11) is 0. The molecule has 3 rings (SSSR count).